The lowest BCUT2D eigenvalue weighted by molar-refractivity contribution is -0.168. The first-order chi connectivity index (χ1) is 7.88. The largest absolute Gasteiger partial charge is 0.371 e. The Kier molecular flexibility index (Phi) is 2.05. The van der Waals surface area contributed by atoms with Crippen LogP contribution in [0.1, 0.15) is 33.6 Å². The first-order valence-corrected chi connectivity index (χ1v) is 6.35. The molecule has 4 heteroatoms. The van der Waals surface area contributed by atoms with Crippen molar-refractivity contribution in [3.05, 3.63) is 0 Å². The third-order valence-electron chi connectivity index (χ3n) is 5.30. The summed E-state index contributed by atoms with van der Waals surface area (Å²) in [7, 11) is 0. The van der Waals surface area contributed by atoms with Gasteiger partial charge in [0.1, 0.15) is 0 Å². The van der Waals surface area contributed by atoms with Gasteiger partial charge in [0.05, 0.1) is 24.7 Å². The molecule has 0 aromatic rings. The molecule has 3 aliphatic rings. The normalized spacial score (nSPS) is 43.1. The van der Waals surface area contributed by atoms with E-state index >= 15 is 0 Å². The second kappa shape index (κ2) is 3.10. The van der Waals surface area contributed by atoms with Crippen molar-refractivity contribution >= 4 is 11.8 Å². The topological polar surface area (TPSA) is 49.9 Å². The number of ether oxygens (including phenoxy) is 1. The molecule has 3 fully saturated rings. The molecule has 2 amide bonds. The summed E-state index contributed by atoms with van der Waals surface area (Å²) in [6.45, 7) is 7.28. The second-order valence-corrected chi connectivity index (χ2v) is 6.35. The van der Waals surface area contributed by atoms with Gasteiger partial charge in [0.15, 0.2) is 0 Å². The highest BCUT2D eigenvalue weighted by atomic mass is 16.6. The Balaban J connectivity index is 1.96. The zero-order chi connectivity index (χ0) is 12.4. The van der Waals surface area contributed by atoms with Gasteiger partial charge in [0.2, 0.25) is 11.8 Å². The number of carbonyl (C=O) groups excluding carboxylic acids is 2. The zero-order valence-electron chi connectivity index (χ0n) is 10.7. The van der Waals surface area contributed by atoms with Crippen molar-refractivity contribution in [2.45, 2.75) is 39.7 Å². The van der Waals surface area contributed by atoms with Crippen molar-refractivity contribution in [3.63, 3.8) is 0 Å². The maximum atomic E-state index is 12.5. The Bertz CT molecular complexity index is 399. The molecule has 0 unspecified atom stereocenters. The number of hydrogen-bond donors (Lipinski definition) is 0. The maximum Gasteiger partial charge on any atom is 0.235 e. The fourth-order valence-electron chi connectivity index (χ4n) is 3.45. The molecule has 4 nitrogen and oxygen atoms in total. The molecule has 3 rings (SSSR count). The van der Waals surface area contributed by atoms with Gasteiger partial charge in [0.25, 0.3) is 0 Å². The lowest BCUT2D eigenvalue weighted by Crippen LogP contribution is -2.59. The summed E-state index contributed by atoms with van der Waals surface area (Å²) in [5.41, 5.74) is -0.581. The number of carbonyl (C=O) groups is 2. The highest BCUT2D eigenvalue weighted by molar-refractivity contribution is 6.03. The number of amides is 2. The predicted molar refractivity (Wildman–Crippen MR) is 61.1 cm³/mol. The predicted octanol–water partition coefficient (Wildman–Crippen LogP) is 1.20. The monoisotopic (exact) mass is 237 g/mol. The van der Waals surface area contributed by atoms with Crippen molar-refractivity contribution in [2.24, 2.45) is 16.7 Å². The van der Waals surface area contributed by atoms with Crippen LogP contribution in [0.3, 0.4) is 0 Å². The van der Waals surface area contributed by atoms with Crippen LogP contribution in [-0.2, 0) is 14.3 Å². The molecule has 1 aliphatic carbocycles. The minimum atomic E-state index is -0.375. The molecule has 0 aromatic carbocycles. The summed E-state index contributed by atoms with van der Waals surface area (Å²) in [6, 6.07) is 0. The third kappa shape index (κ3) is 1.27. The van der Waals surface area contributed by atoms with Crippen LogP contribution in [0.25, 0.3) is 0 Å². The van der Waals surface area contributed by atoms with Crippen molar-refractivity contribution in [1.29, 1.82) is 0 Å². The van der Waals surface area contributed by atoms with E-state index in [4.69, 9.17) is 4.74 Å². The van der Waals surface area contributed by atoms with Crippen LogP contribution in [-0.4, -0.2) is 36.0 Å². The summed E-state index contributed by atoms with van der Waals surface area (Å²) in [4.78, 5) is 26.4. The first-order valence-electron chi connectivity index (χ1n) is 6.35. The molecular weight excluding hydrogens is 218 g/mol. The van der Waals surface area contributed by atoms with Gasteiger partial charge < -0.3 is 4.74 Å². The van der Waals surface area contributed by atoms with E-state index < -0.39 is 0 Å². The molecule has 0 spiro atoms. The van der Waals surface area contributed by atoms with E-state index in [0.717, 1.165) is 12.8 Å². The minimum absolute atomic E-state index is 0.00366. The standard InChI is InChI=1S/C13H19NO3/c1-12(2)9-4-5-13(12,3)11(16)14(10(9)15)6-8-7-17-8/h8-9H,4-7H2,1-3H3/t8-,9+,13+/m0/s1. The molecular formula is C13H19NO3. The second-order valence-electron chi connectivity index (χ2n) is 6.35. The summed E-state index contributed by atoms with van der Waals surface area (Å²) >= 11 is 0. The lowest BCUT2D eigenvalue weighted by Gasteiger charge is -2.47. The van der Waals surface area contributed by atoms with Gasteiger partial charge in [-0.25, -0.2) is 0 Å². The molecule has 0 aromatic heterocycles. The van der Waals surface area contributed by atoms with Gasteiger partial charge in [-0.15, -0.1) is 0 Å². The van der Waals surface area contributed by atoms with Crippen LogP contribution in [0, 0.1) is 16.7 Å². The van der Waals surface area contributed by atoms with Crippen LogP contribution in [0.4, 0.5) is 0 Å². The van der Waals surface area contributed by atoms with Gasteiger partial charge >= 0.3 is 0 Å². The molecule has 2 saturated heterocycles. The van der Waals surface area contributed by atoms with Crippen LogP contribution in [0.15, 0.2) is 0 Å². The Hall–Kier alpha value is -0.900. The molecule has 0 radical (unpaired) electrons. The van der Waals surface area contributed by atoms with Gasteiger partial charge in [0, 0.05) is 5.92 Å². The fourth-order valence-corrected chi connectivity index (χ4v) is 3.45. The van der Waals surface area contributed by atoms with E-state index in [9.17, 15) is 9.59 Å². The van der Waals surface area contributed by atoms with E-state index in [1.165, 1.54) is 4.90 Å². The molecule has 2 heterocycles. The summed E-state index contributed by atoms with van der Waals surface area (Å²) in [5, 5.41) is 0. The van der Waals surface area contributed by atoms with E-state index in [0.29, 0.717) is 13.2 Å². The van der Waals surface area contributed by atoms with E-state index in [2.05, 4.69) is 13.8 Å². The minimum Gasteiger partial charge on any atom is -0.371 e. The average molecular weight is 237 g/mol. The number of piperidine rings is 1. The van der Waals surface area contributed by atoms with Gasteiger partial charge in [-0.3, -0.25) is 14.5 Å². The average Bonchev–Trinajstić information content (AvgIpc) is 3.03. The Morgan fingerprint density at radius 1 is 1.35 bits per heavy atom. The fraction of sp³-hybridized carbons (Fsp3) is 0.846. The molecule has 94 valence electrons. The van der Waals surface area contributed by atoms with Gasteiger partial charge in [-0.1, -0.05) is 20.8 Å². The number of epoxide rings is 1. The molecule has 1 saturated carbocycles. The maximum absolute atomic E-state index is 12.5. The number of fused-ring (bicyclic) bond motifs is 2. The van der Waals surface area contributed by atoms with Crippen LogP contribution in [0.5, 0.6) is 0 Å². The molecule has 2 bridgehead atoms. The summed E-state index contributed by atoms with van der Waals surface area (Å²) < 4.78 is 5.14. The van der Waals surface area contributed by atoms with Crippen molar-refractivity contribution in [2.75, 3.05) is 13.2 Å². The third-order valence-corrected chi connectivity index (χ3v) is 5.30. The smallest absolute Gasteiger partial charge is 0.235 e. The first kappa shape index (κ1) is 11.2. The number of nitrogens with zero attached hydrogens (tertiary/aromatic N) is 1. The number of hydrogen-bond acceptors (Lipinski definition) is 3. The van der Waals surface area contributed by atoms with Crippen molar-refractivity contribution in [3.8, 4) is 0 Å². The van der Waals surface area contributed by atoms with Crippen LogP contribution >= 0.6 is 0 Å². The van der Waals surface area contributed by atoms with Crippen molar-refractivity contribution in [1.82, 2.24) is 4.90 Å². The summed E-state index contributed by atoms with van der Waals surface area (Å²) in [6.07, 6.45) is 1.76. The highest BCUT2D eigenvalue weighted by Gasteiger charge is 2.64. The van der Waals surface area contributed by atoms with Gasteiger partial charge in [-0.05, 0) is 18.3 Å². The lowest BCUT2D eigenvalue weighted by atomic mass is 9.62. The molecule has 2 aliphatic heterocycles. The van der Waals surface area contributed by atoms with Crippen molar-refractivity contribution < 1.29 is 14.3 Å². The zero-order valence-corrected chi connectivity index (χ0v) is 10.7. The molecule has 0 N–H and O–H groups in total. The number of rotatable bonds is 2. The van der Waals surface area contributed by atoms with Crippen LogP contribution < -0.4 is 0 Å². The number of likely N-dealkylation sites (tertiary alicyclic amines) is 1. The Morgan fingerprint density at radius 3 is 2.59 bits per heavy atom. The van der Waals surface area contributed by atoms with E-state index in [-0.39, 0.29) is 34.7 Å². The molecule has 17 heavy (non-hydrogen) atoms. The molecule has 3 atom stereocenters. The van der Waals surface area contributed by atoms with Gasteiger partial charge in [-0.2, -0.15) is 0 Å². The SMILES string of the molecule is CC1(C)[C@@H]2CC[C@]1(C)C(=O)N(C[C@H]1CO1)C2=O. The quantitative estimate of drug-likeness (QED) is 0.535. The van der Waals surface area contributed by atoms with Crippen LogP contribution in [0.2, 0.25) is 0 Å². The highest BCUT2D eigenvalue weighted by Crippen LogP contribution is 2.60. The van der Waals surface area contributed by atoms with E-state index in [1.54, 1.807) is 0 Å². The summed E-state index contributed by atoms with van der Waals surface area (Å²) in [5.74, 6) is 0.0335. The Morgan fingerprint density at radius 2 is 2.00 bits per heavy atom. The van der Waals surface area contributed by atoms with E-state index in [1.807, 2.05) is 6.92 Å². The Labute approximate surface area is 101 Å². The number of imide groups is 1.